The van der Waals surface area contributed by atoms with Crippen LogP contribution >= 0.6 is 0 Å². The minimum atomic E-state index is -5.11. The second-order valence-corrected chi connectivity index (χ2v) is 9.81. The first-order valence-electron chi connectivity index (χ1n) is 12.4. The number of fused-ring (bicyclic) bond motifs is 1. The molecule has 2 heterocycles. The number of rotatable bonds is 6. The van der Waals surface area contributed by atoms with Gasteiger partial charge in [-0.3, -0.25) is 4.79 Å². The summed E-state index contributed by atoms with van der Waals surface area (Å²) in [6.45, 7) is 6.00. The van der Waals surface area contributed by atoms with E-state index in [-0.39, 0.29) is 29.4 Å². The molecular weight excluding hydrogens is 560 g/mol. The quantitative estimate of drug-likeness (QED) is 0.218. The summed E-state index contributed by atoms with van der Waals surface area (Å²) in [5.74, 6) is -2.68. The van der Waals surface area contributed by atoms with E-state index in [1.807, 2.05) is 0 Å². The third-order valence-corrected chi connectivity index (χ3v) is 6.84. The van der Waals surface area contributed by atoms with Crippen LogP contribution in [0.3, 0.4) is 0 Å². The van der Waals surface area contributed by atoms with E-state index in [0.29, 0.717) is 35.8 Å². The molecule has 218 valence electrons. The maximum absolute atomic E-state index is 15.1. The number of nitrogens with zero attached hydrogens (tertiary/aromatic N) is 4. The van der Waals surface area contributed by atoms with Crippen molar-refractivity contribution in [1.82, 2.24) is 14.8 Å². The van der Waals surface area contributed by atoms with Crippen LogP contribution in [0.1, 0.15) is 44.4 Å². The summed E-state index contributed by atoms with van der Waals surface area (Å²) in [7, 11) is 0. The number of carbonyl (C=O) groups excluding carboxylic acids is 1. The molecule has 2 aromatic carbocycles. The van der Waals surface area contributed by atoms with Gasteiger partial charge in [0.1, 0.15) is 11.6 Å². The van der Waals surface area contributed by atoms with E-state index in [1.165, 1.54) is 37.8 Å². The fourth-order valence-electron chi connectivity index (χ4n) is 4.63. The summed E-state index contributed by atoms with van der Waals surface area (Å²) in [4.78, 5) is 19.5. The molecule has 2 aromatic heterocycles. The van der Waals surface area contributed by atoms with Crippen molar-refractivity contribution in [2.45, 2.75) is 52.0 Å². The van der Waals surface area contributed by atoms with Gasteiger partial charge in [0.15, 0.2) is 5.65 Å². The molecule has 0 aliphatic heterocycles. The van der Waals surface area contributed by atoms with Crippen LogP contribution in [0.25, 0.3) is 22.2 Å². The number of anilines is 1. The molecule has 41 heavy (non-hydrogen) atoms. The lowest BCUT2D eigenvalue weighted by molar-refractivity contribution is -0.143. The number of amides is 1. The lowest BCUT2D eigenvalue weighted by Crippen LogP contribution is -2.44. The predicted octanol–water partition coefficient (Wildman–Crippen LogP) is 7.76. The zero-order valence-electron chi connectivity index (χ0n) is 22.3. The number of pyridine rings is 1. The van der Waals surface area contributed by atoms with Gasteiger partial charge in [-0.2, -0.15) is 31.4 Å². The highest BCUT2D eigenvalue weighted by molar-refractivity contribution is 6.08. The lowest BCUT2D eigenvalue weighted by atomic mass is 9.81. The normalized spacial score (nSPS) is 12.7. The molecule has 0 fully saturated rings. The van der Waals surface area contributed by atoms with Crippen molar-refractivity contribution in [3.05, 3.63) is 77.1 Å². The number of halogens is 8. The summed E-state index contributed by atoms with van der Waals surface area (Å²) in [5.41, 5.74) is -5.22. The highest BCUT2D eigenvalue weighted by Gasteiger charge is 2.42. The molecule has 4 rings (SSSR count). The molecule has 4 aromatic rings. The molecule has 0 unspecified atom stereocenters. The van der Waals surface area contributed by atoms with E-state index in [2.05, 4.69) is 10.1 Å². The highest BCUT2D eigenvalue weighted by atomic mass is 19.4. The Morgan fingerprint density at radius 3 is 1.98 bits per heavy atom. The molecule has 0 radical (unpaired) electrons. The largest absolute Gasteiger partial charge is 0.416 e. The van der Waals surface area contributed by atoms with Crippen LogP contribution in [-0.4, -0.2) is 27.2 Å². The average Bonchev–Trinajstić information content (AvgIpc) is 3.31. The van der Waals surface area contributed by atoms with Gasteiger partial charge < -0.3 is 4.90 Å². The number of hydrogen-bond acceptors (Lipinski definition) is 3. The topological polar surface area (TPSA) is 51.0 Å². The lowest BCUT2D eigenvalue weighted by Gasteiger charge is -2.33. The van der Waals surface area contributed by atoms with E-state index < -0.39 is 52.0 Å². The van der Waals surface area contributed by atoms with Crippen LogP contribution < -0.4 is 4.90 Å². The predicted molar refractivity (Wildman–Crippen MR) is 136 cm³/mol. The van der Waals surface area contributed by atoms with Crippen LogP contribution in [-0.2, 0) is 29.1 Å². The van der Waals surface area contributed by atoms with Crippen molar-refractivity contribution in [2.75, 3.05) is 11.4 Å². The Labute approximate surface area is 229 Å². The summed E-state index contributed by atoms with van der Waals surface area (Å²) in [6.07, 6.45) is -7.58. The molecule has 0 atom stereocenters. The van der Waals surface area contributed by atoms with E-state index in [4.69, 9.17) is 0 Å². The molecule has 0 aliphatic rings. The number of aryl methyl sites for hydroxylation is 1. The number of aromatic nitrogens is 3. The Balaban J connectivity index is 1.94. The number of benzene rings is 2. The monoisotopic (exact) mass is 584 g/mol. The van der Waals surface area contributed by atoms with Gasteiger partial charge in [-0.15, -0.1) is 0 Å². The van der Waals surface area contributed by atoms with Gasteiger partial charge in [0.25, 0.3) is 0 Å². The fraction of sp³-hybridized carbons (Fsp3) is 0.321. The molecule has 5 nitrogen and oxygen atoms in total. The van der Waals surface area contributed by atoms with Crippen LogP contribution in [0.2, 0.25) is 0 Å². The molecule has 0 N–H and O–H groups in total. The minimum absolute atomic E-state index is 0.0136. The molecule has 0 saturated heterocycles. The fourth-order valence-corrected chi connectivity index (χ4v) is 4.63. The van der Waals surface area contributed by atoms with Crippen molar-refractivity contribution >= 4 is 22.6 Å². The van der Waals surface area contributed by atoms with Gasteiger partial charge in [0.2, 0.25) is 5.91 Å². The van der Waals surface area contributed by atoms with Crippen molar-refractivity contribution in [3.8, 4) is 11.1 Å². The molecule has 0 bridgehead atoms. The summed E-state index contributed by atoms with van der Waals surface area (Å²) in [5, 5.41) is 4.52. The zero-order chi connectivity index (χ0) is 30.5. The summed E-state index contributed by atoms with van der Waals surface area (Å²) >= 11 is 0. The number of alkyl halides is 6. The van der Waals surface area contributed by atoms with Gasteiger partial charge in [-0.05, 0) is 63.6 Å². The smallest absolute Gasteiger partial charge is 0.310 e. The Morgan fingerprint density at radius 1 is 0.878 bits per heavy atom. The summed E-state index contributed by atoms with van der Waals surface area (Å²) in [6, 6.07) is 3.84. The van der Waals surface area contributed by atoms with Gasteiger partial charge in [0.05, 0.1) is 34.6 Å². The van der Waals surface area contributed by atoms with Gasteiger partial charge in [0, 0.05) is 35.7 Å². The highest BCUT2D eigenvalue weighted by Crippen LogP contribution is 2.42. The third-order valence-electron chi connectivity index (χ3n) is 6.84. The SMILES string of the molecule is CCN(C(=O)C(C)(C)c1cc(C(F)(F)F)cc(C(F)(F)F)c1)c1cnc2c(cnn2CC)c1-c1ccc(F)cc1F. The van der Waals surface area contributed by atoms with Gasteiger partial charge >= 0.3 is 12.4 Å². The molecule has 0 saturated carbocycles. The van der Waals surface area contributed by atoms with E-state index >= 15 is 4.39 Å². The van der Waals surface area contributed by atoms with E-state index in [9.17, 15) is 35.5 Å². The molecular formula is C28H24F8N4O. The summed E-state index contributed by atoms with van der Waals surface area (Å²) < 4.78 is 112. The number of likely N-dealkylation sites (N-methyl/N-ethyl adjacent to an activating group) is 1. The Hall–Kier alpha value is -4.03. The van der Waals surface area contributed by atoms with Crippen molar-refractivity contribution in [1.29, 1.82) is 0 Å². The second kappa shape index (κ2) is 10.4. The maximum Gasteiger partial charge on any atom is 0.416 e. The third kappa shape index (κ3) is 5.49. The molecule has 0 spiro atoms. The Bertz CT molecular complexity index is 1590. The zero-order valence-corrected chi connectivity index (χ0v) is 22.3. The van der Waals surface area contributed by atoms with E-state index in [0.717, 1.165) is 17.0 Å². The minimum Gasteiger partial charge on any atom is -0.310 e. The number of hydrogen-bond donors (Lipinski definition) is 0. The maximum atomic E-state index is 15.1. The van der Waals surface area contributed by atoms with Crippen LogP contribution in [0, 0.1) is 11.6 Å². The van der Waals surface area contributed by atoms with Crippen LogP contribution in [0.5, 0.6) is 0 Å². The van der Waals surface area contributed by atoms with Gasteiger partial charge in [-0.1, -0.05) is 0 Å². The van der Waals surface area contributed by atoms with Crippen molar-refractivity contribution in [2.24, 2.45) is 0 Å². The first kappa shape index (κ1) is 29.9. The number of carbonyl (C=O) groups is 1. The van der Waals surface area contributed by atoms with Crippen LogP contribution in [0.15, 0.2) is 48.8 Å². The Morgan fingerprint density at radius 2 is 1.46 bits per heavy atom. The van der Waals surface area contributed by atoms with Gasteiger partial charge in [-0.25, -0.2) is 18.4 Å². The molecule has 13 heteroatoms. The average molecular weight is 585 g/mol. The first-order valence-corrected chi connectivity index (χ1v) is 12.4. The van der Waals surface area contributed by atoms with Crippen molar-refractivity contribution < 1.29 is 39.9 Å². The Kier molecular flexibility index (Phi) is 7.61. The van der Waals surface area contributed by atoms with Crippen molar-refractivity contribution in [3.63, 3.8) is 0 Å². The van der Waals surface area contributed by atoms with Crippen LogP contribution in [0.4, 0.5) is 40.8 Å². The molecule has 1 amide bonds. The first-order chi connectivity index (χ1) is 19.0. The second-order valence-electron chi connectivity index (χ2n) is 9.81. The standard InChI is InChI=1S/C28H24F8N4O/c1-5-39(25(41)26(3,4)15-9-16(27(31,32)33)11-17(10-15)28(34,35)36)22-14-37-24-20(13-38-40(24)6-2)23(22)19-8-7-18(29)12-21(19)30/h7-14H,5-6H2,1-4H3. The van der Waals surface area contributed by atoms with E-state index in [1.54, 1.807) is 6.92 Å². The molecule has 0 aliphatic carbocycles.